The van der Waals surface area contributed by atoms with Gasteiger partial charge in [0.1, 0.15) is 5.82 Å². The lowest BCUT2D eigenvalue weighted by molar-refractivity contribution is 0.102. The van der Waals surface area contributed by atoms with Crippen LogP contribution in [0.2, 0.25) is 0 Å². The summed E-state index contributed by atoms with van der Waals surface area (Å²) in [4.78, 5) is 21.5. The van der Waals surface area contributed by atoms with Crippen molar-refractivity contribution in [1.82, 2.24) is 10.3 Å². The fourth-order valence-corrected chi connectivity index (χ4v) is 3.27. The number of nitrogens with zero attached hydrogens (tertiary/aromatic N) is 3. The predicted molar refractivity (Wildman–Crippen MR) is 105 cm³/mol. The Bertz CT molecular complexity index is 749. The lowest BCUT2D eigenvalue weighted by Crippen LogP contribution is -2.43. The molecule has 4 rings (SSSR count). The third-order valence-electron chi connectivity index (χ3n) is 5.07. The summed E-state index contributed by atoms with van der Waals surface area (Å²) >= 11 is 0. The molecule has 1 aromatic carbocycles. The van der Waals surface area contributed by atoms with Crippen LogP contribution >= 0.6 is 0 Å². The zero-order valence-corrected chi connectivity index (χ0v) is 15.1. The molecule has 0 spiro atoms. The highest BCUT2D eigenvalue weighted by atomic mass is 16.1. The van der Waals surface area contributed by atoms with Gasteiger partial charge >= 0.3 is 0 Å². The van der Waals surface area contributed by atoms with Crippen molar-refractivity contribution in [2.24, 2.45) is 0 Å². The quantitative estimate of drug-likeness (QED) is 0.866. The molecule has 0 atom stereocenters. The van der Waals surface area contributed by atoms with Crippen molar-refractivity contribution in [2.75, 3.05) is 48.3 Å². The van der Waals surface area contributed by atoms with Crippen LogP contribution in [-0.2, 0) is 0 Å². The number of anilines is 3. The highest BCUT2D eigenvalue weighted by Gasteiger charge is 2.26. The van der Waals surface area contributed by atoms with Crippen molar-refractivity contribution >= 4 is 23.1 Å². The minimum absolute atomic E-state index is 0.109. The summed E-state index contributed by atoms with van der Waals surface area (Å²) in [5.74, 6) is 0.841. The second-order valence-electron chi connectivity index (χ2n) is 6.99. The van der Waals surface area contributed by atoms with Crippen LogP contribution in [0.25, 0.3) is 0 Å². The monoisotopic (exact) mass is 351 g/mol. The number of rotatable bonds is 5. The molecule has 6 nitrogen and oxygen atoms in total. The smallest absolute Gasteiger partial charge is 0.255 e. The van der Waals surface area contributed by atoms with Crippen LogP contribution in [0.5, 0.6) is 0 Å². The summed E-state index contributed by atoms with van der Waals surface area (Å²) in [6.45, 7) is 4.00. The Hall–Kier alpha value is -2.60. The van der Waals surface area contributed by atoms with E-state index in [1.807, 2.05) is 36.4 Å². The molecular weight excluding hydrogens is 326 g/mol. The van der Waals surface area contributed by atoms with Gasteiger partial charge in [0.2, 0.25) is 0 Å². The lowest BCUT2D eigenvalue weighted by Gasteiger charge is -2.29. The fraction of sp³-hybridized carbons (Fsp3) is 0.400. The van der Waals surface area contributed by atoms with Crippen molar-refractivity contribution in [1.29, 1.82) is 0 Å². The number of pyridine rings is 1. The van der Waals surface area contributed by atoms with Crippen LogP contribution in [-0.4, -0.2) is 50.2 Å². The first-order valence-electron chi connectivity index (χ1n) is 9.27. The average Bonchev–Trinajstić information content (AvgIpc) is 3.54. The second-order valence-corrected chi connectivity index (χ2v) is 6.99. The fourth-order valence-electron chi connectivity index (χ4n) is 3.27. The van der Waals surface area contributed by atoms with Crippen molar-refractivity contribution < 1.29 is 4.79 Å². The van der Waals surface area contributed by atoms with E-state index in [0.717, 1.165) is 37.7 Å². The van der Waals surface area contributed by atoms with Gasteiger partial charge in [-0.05, 0) is 49.2 Å². The minimum atomic E-state index is -0.109. The molecule has 6 heteroatoms. The standard InChI is InChI=1S/C20H25N5O/c1-24(17-7-8-17)19-9-4-16(14-22-19)23-20(26)15-2-5-18(6-3-15)25-12-10-21-11-13-25/h2-6,9,14,17,21H,7-8,10-13H2,1H3,(H,23,26). The largest absolute Gasteiger partial charge is 0.369 e. The van der Waals surface area contributed by atoms with E-state index >= 15 is 0 Å². The summed E-state index contributed by atoms with van der Waals surface area (Å²) < 4.78 is 0. The molecule has 2 fully saturated rings. The number of aromatic nitrogens is 1. The van der Waals surface area contributed by atoms with Gasteiger partial charge < -0.3 is 20.4 Å². The molecule has 0 bridgehead atoms. The van der Waals surface area contributed by atoms with E-state index in [0.29, 0.717) is 17.3 Å². The van der Waals surface area contributed by atoms with Gasteiger partial charge in [-0.25, -0.2) is 4.98 Å². The number of hydrogen-bond donors (Lipinski definition) is 2. The summed E-state index contributed by atoms with van der Waals surface area (Å²) in [7, 11) is 2.07. The van der Waals surface area contributed by atoms with Crippen LogP contribution in [0, 0.1) is 0 Å². The number of carbonyl (C=O) groups is 1. The number of piperazine rings is 1. The molecule has 1 saturated heterocycles. The Kier molecular flexibility index (Phi) is 4.75. The van der Waals surface area contributed by atoms with Gasteiger partial charge in [-0.3, -0.25) is 4.79 Å². The molecule has 2 aliphatic rings. The average molecular weight is 351 g/mol. The molecule has 0 radical (unpaired) electrons. The van der Waals surface area contributed by atoms with Gasteiger partial charge in [-0.1, -0.05) is 0 Å². The predicted octanol–water partition coefficient (Wildman–Crippen LogP) is 2.34. The van der Waals surface area contributed by atoms with Crippen molar-refractivity contribution in [2.45, 2.75) is 18.9 Å². The molecule has 0 unspecified atom stereocenters. The molecule has 1 saturated carbocycles. The Labute approximate surface area is 154 Å². The minimum Gasteiger partial charge on any atom is -0.369 e. The van der Waals surface area contributed by atoms with Crippen molar-refractivity contribution in [3.8, 4) is 0 Å². The maximum Gasteiger partial charge on any atom is 0.255 e. The maximum absolute atomic E-state index is 12.5. The van der Waals surface area contributed by atoms with E-state index in [2.05, 4.69) is 32.5 Å². The van der Waals surface area contributed by atoms with Gasteiger partial charge in [0.05, 0.1) is 11.9 Å². The summed E-state index contributed by atoms with van der Waals surface area (Å²) in [6.07, 6.45) is 4.20. The number of carbonyl (C=O) groups excluding carboxylic acids is 1. The Morgan fingerprint density at radius 2 is 1.88 bits per heavy atom. The zero-order chi connectivity index (χ0) is 17.9. The van der Waals surface area contributed by atoms with Crippen LogP contribution in [0.15, 0.2) is 42.6 Å². The Morgan fingerprint density at radius 3 is 2.50 bits per heavy atom. The van der Waals surface area contributed by atoms with Gasteiger partial charge in [-0.15, -0.1) is 0 Å². The highest BCUT2D eigenvalue weighted by molar-refractivity contribution is 6.04. The Balaban J connectivity index is 1.38. The van der Waals surface area contributed by atoms with E-state index in [1.54, 1.807) is 6.20 Å². The number of amides is 1. The van der Waals surface area contributed by atoms with E-state index < -0.39 is 0 Å². The first-order valence-corrected chi connectivity index (χ1v) is 9.27. The first kappa shape index (κ1) is 16.8. The number of hydrogen-bond acceptors (Lipinski definition) is 5. The molecule has 1 amide bonds. The third-order valence-corrected chi connectivity index (χ3v) is 5.07. The number of nitrogens with one attached hydrogen (secondary N) is 2. The topological polar surface area (TPSA) is 60.5 Å². The zero-order valence-electron chi connectivity index (χ0n) is 15.1. The van der Waals surface area contributed by atoms with Crippen LogP contribution < -0.4 is 20.4 Å². The van der Waals surface area contributed by atoms with Gasteiger partial charge in [0, 0.05) is 50.5 Å². The Morgan fingerprint density at radius 1 is 1.15 bits per heavy atom. The summed E-state index contributed by atoms with van der Waals surface area (Å²) in [5, 5.41) is 6.27. The molecule has 1 aromatic heterocycles. The number of benzene rings is 1. The van der Waals surface area contributed by atoms with Crippen molar-refractivity contribution in [3.05, 3.63) is 48.2 Å². The first-order chi connectivity index (χ1) is 12.7. The highest BCUT2D eigenvalue weighted by Crippen LogP contribution is 2.29. The third kappa shape index (κ3) is 3.80. The van der Waals surface area contributed by atoms with Gasteiger partial charge in [0.15, 0.2) is 0 Å². The van der Waals surface area contributed by atoms with E-state index in [-0.39, 0.29) is 5.91 Å². The molecule has 136 valence electrons. The van der Waals surface area contributed by atoms with Crippen LogP contribution in [0.1, 0.15) is 23.2 Å². The molecule has 2 aromatic rings. The molecule has 2 heterocycles. The van der Waals surface area contributed by atoms with E-state index in [1.165, 1.54) is 12.8 Å². The maximum atomic E-state index is 12.5. The van der Waals surface area contributed by atoms with Gasteiger partial charge in [-0.2, -0.15) is 0 Å². The molecular formula is C20H25N5O. The summed E-state index contributed by atoms with van der Waals surface area (Å²) in [5.41, 5.74) is 2.54. The molecule has 26 heavy (non-hydrogen) atoms. The normalized spacial score (nSPS) is 17.0. The van der Waals surface area contributed by atoms with Crippen LogP contribution in [0.4, 0.5) is 17.2 Å². The molecule has 1 aliphatic heterocycles. The van der Waals surface area contributed by atoms with Crippen LogP contribution in [0.3, 0.4) is 0 Å². The summed E-state index contributed by atoms with van der Waals surface area (Å²) in [6, 6.07) is 12.3. The van der Waals surface area contributed by atoms with Crippen molar-refractivity contribution in [3.63, 3.8) is 0 Å². The van der Waals surface area contributed by atoms with E-state index in [4.69, 9.17) is 0 Å². The lowest BCUT2D eigenvalue weighted by atomic mass is 10.1. The van der Waals surface area contributed by atoms with Gasteiger partial charge in [0.25, 0.3) is 5.91 Å². The second kappa shape index (κ2) is 7.33. The molecule has 1 aliphatic carbocycles. The van der Waals surface area contributed by atoms with E-state index in [9.17, 15) is 4.79 Å². The SMILES string of the molecule is CN(c1ccc(NC(=O)c2ccc(N3CCNCC3)cc2)cn1)C1CC1. The molecule has 2 N–H and O–H groups in total.